The molecule has 94 valence electrons. The summed E-state index contributed by atoms with van der Waals surface area (Å²) in [6, 6.07) is 0. The summed E-state index contributed by atoms with van der Waals surface area (Å²) in [6.45, 7) is 9.52. The smallest absolute Gasteiger partial charge is 0.0594 e. The zero-order valence-corrected chi connectivity index (χ0v) is 14.2. The van der Waals surface area contributed by atoms with Crippen LogP contribution >= 0.6 is 7.26 Å². The first-order valence-corrected chi connectivity index (χ1v) is 9.12. The van der Waals surface area contributed by atoms with Crippen molar-refractivity contribution in [3.63, 3.8) is 0 Å². The largest absolute Gasteiger partial charge is 1.00 e. The summed E-state index contributed by atoms with van der Waals surface area (Å²) in [7, 11) is -0.488. The SMILES string of the molecule is CCCCCCC[P+](CC)(CC)CC.[I-]. The minimum absolute atomic E-state index is 0. The van der Waals surface area contributed by atoms with E-state index in [0.29, 0.717) is 0 Å². The topological polar surface area (TPSA) is 0 Å². The zero-order valence-electron chi connectivity index (χ0n) is 11.2. The summed E-state index contributed by atoms with van der Waals surface area (Å²) in [5, 5.41) is 0. The van der Waals surface area contributed by atoms with Crippen LogP contribution in [0, 0.1) is 0 Å². The van der Waals surface area contributed by atoms with Crippen molar-refractivity contribution in [3.05, 3.63) is 0 Å². The van der Waals surface area contributed by atoms with Crippen molar-refractivity contribution >= 4 is 7.26 Å². The minimum atomic E-state index is -0.488. The molecule has 0 fully saturated rings. The molecule has 0 heterocycles. The van der Waals surface area contributed by atoms with Crippen LogP contribution in [0.25, 0.3) is 0 Å². The lowest BCUT2D eigenvalue weighted by Crippen LogP contribution is -3.00. The van der Waals surface area contributed by atoms with Gasteiger partial charge in [0.1, 0.15) is 0 Å². The monoisotopic (exact) mass is 344 g/mol. The highest BCUT2D eigenvalue weighted by molar-refractivity contribution is 7.75. The van der Waals surface area contributed by atoms with Gasteiger partial charge in [-0.1, -0.05) is 26.2 Å². The molecule has 2 heteroatoms. The van der Waals surface area contributed by atoms with Gasteiger partial charge in [-0.25, -0.2) is 0 Å². The van der Waals surface area contributed by atoms with E-state index in [2.05, 4.69) is 27.7 Å². The van der Waals surface area contributed by atoms with Crippen molar-refractivity contribution in [1.29, 1.82) is 0 Å². The normalized spacial score (nSPS) is 11.2. The molecule has 0 atom stereocenters. The molecule has 0 aliphatic rings. The third-order valence-corrected chi connectivity index (χ3v) is 9.04. The molecule has 0 aromatic heterocycles. The first kappa shape index (κ1) is 18.5. The quantitative estimate of drug-likeness (QED) is 0.341. The maximum atomic E-state index is 2.41. The van der Waals surface area contributed by atoms with E-state index >= 15 is 0 Å². The van der Waals surface area contributed by atoms with Crippen molar-refractivity contribution in [2.45, 2.75) is 59.8 Å². The van der Waals surface area contributed by atoms with Crippen LogP contribution in [0.4, 0.5) is 0 Å². The summed E-state index contributed by atoms with van der Waals surface area (Å²) in [5.74, 6) is 0. The summed E-state index contributed by atoms with van der Waals surface area (Å²) < 4.78 is 0. The van der Waals surface area contributed by atoms with Gasteiger partial charge in [-0.05, 0) is 33.6 Å². The first-order valence-electron chi connectivity index (χ1n) is 6.59. The maximum absolute atomic E-state index is 2.41. The Balaban J connectivity index is 0. The van der Waals surface area contributed by atoms with Gasteiger partial charge in [-0.3, -0.25) is 0 Å². The number of unbranched alkanes of at least 4 members (excludes halogenated alkanes) is 4. The lowest BCUT2D eigenvalue weighted by atomic mass is 10.2. The third-order valence-electron chi connectivity index (χ3n) is 3.75. The zero-order chi connectivity index (χ0) is 10.9. The molecule has 0 N–H and O–H groups in total. The predicted octanol–water partition coefficient (Wildman–Crippen LogP) is 2.04. The van der Waals surface area contributed by atoms with Crippen molar-refractivity contribution in [3.8, 4) is 0 Å². The molecular formula is C13H30IP. The number of halogens is 1. The number of hydrogen-bond acceptors (Lipinski definition) is 0. The molecule has 0 nitrogen and oxygen atoms in total. The van der Waals surface area contributed by atoms with Crippen molar-refractivity contribution in [2.24, 2.45) is 0 Å². The van der Waals surface area contributed by atoms with Gasteiger partial charge in [0.05, 0.1) is 24.6 Å². The molecule has 0 aromatic rings. The Morgan fingerprint density at radius 3 is 1.53 bits per heavy atom. The van der Waals surface area contributed by atoms with E-state index in [4.69, 9.17) is 0 Å². The molecule has 0 bridgehead atoms. The highest BCUT2D eigenvalue weighted by Crippen LogP contribution is 2.58. The Hall–Kier alpha value is 1.16. The second-order valence-corrected chi connectivity index (χ2v) is 9.46. The van der Waals surface area contributed by atoms with Crippen LogP contribution in [0.3, 0.4) is 0 Å². The summed E-state index contributed by atoms with van der Waals surface area (Å²) in [5.41, 5.74) is 0. The highest BCUT2D eigenvalue weighted by atomic mass is 127. The standard InChI is InChI=1S/C13H30P.HI/c1-5-9-10-11-12-13-14(6-2,7-3)8-4;/h5-13H2,1-4H3;1H/q+1;/p-1. The molecule has 0 aliphatic heterocycles. The fourth-order valence-corrected chi connectivity index (χ4v) is 5.38. The van der Waals surface area contributed by atoms with Gasteiger partial charge in [0, 0.05) is 7.26 Å². The lowest BCUT2D eigenvalue weighted by molar-refractivity contribution is -0.00000333. The van der Waals surface area contributed by atoms with Gasteiger partial charge in [-0.15, -0.1) is 0 Å². The minimum Gasteiger partial charge on any atom is -1.00 e. The number of rotatable bonds is 9. The molecule has 0 amide bonds. The molecule has 0 rings (SSSR count). The number of hydrogen-bond donors (Lipinski definition) is 0. The second kappa shape index (κ2) is 11.6. The fourth-order valence-electron chi connectivity index (χ4n) is 2.20. The fraction of sp³-hybridized carbons (Fsp3) is 1.00. The second-order valence-electron chi connectivity index (χ2n) is 4.43. The lowest BCUT2D eigenvalue weighted by Gasteiger charge is -2.23. The van der Waals surface area contributed by atoms with Crippen LogP contribution < -0.4 is 24.0 Å². The molecule has 0 saturated heterocycles. The van der Waals surface area contributed by atoms with Gasteiger partial charge in [0.25, 0.3) is 0 Å². The van der Waals surface area contributed by atoms with Crippen LogP contribution in [0.15, 0.2) is 0 Å². The molecule has 15 heavy (non-hydrogen) atoms. The molecule has 0 spiro atoms. The van der Waals surface area contributed by atoms with Crippen molar-refractivity contribution in [1.82, 2.24) is 0 Å². The molecule has 0 unspecified atom stereocenters. The Morgan fingerprint density at radius 2 is 1.13 bits per heavy atom. The summed E-state index contributed by atoms with van der Waals surface area (Å²) in [4.78, 5) is 0. The van der Waals surface area contributed by atoms with Crippen LogP contribution in [-0.4, -0.2) is 24.6 Å². The molecule has 0 aliphatic carbocycles. The molecule has 0 radical (unpaired) electrons. The van der Waals surface area contributed by atoms with E-state index in [1.165, 1.54) is 50.6 Å². The van der Waals surface area contributed by atoms with Gasteiger partial charge in [0.2, 0.25) is 0 Å². The van der Waals surface area contributed by atoms with E-state index < -0.39 is 7.26 Å². The van der Waals surface area contributed by atoms with Gasteiger partial charge >= 0.3 is 0 Å². The summed E-state index contributed by atoms with van der Waals surface area (Å²) >= 11 is 0. The Labute approximate surface area is 115 Å². The molecule has 0 aromatic carbocycles. The van der Waals surface area contributed by atoms with E-state index in [0.717, 1.165) is 0 Å². The van der Waals surface area contributed by atoms with Crippen LogP contribution in [0.5, 0.6) is 0 Å². The third kappa shape index (κ3) is 7.96. The van der Waals surface area contributed by atoms with E-state index in [1.54, 1.807) is 6.16 Å². The van der Waals surface area contributed by atoms with E-state index in [-0.39, 0.29) is 24.0 Å². The maximum Gasteiger partial charge on any atom is 0.0594 e. The van der Waals surface area contributed by atoms with E-state index in [1.807, 2.05) is 0 Å². The average molecular weight is 344 g/mol. The van der Waals surface area contributed by atoms with Gasteiger partial charge in [0.15, 0.2) is 0 Å². The Morgan fingerprint density at radius 1 is 0.667 bits per heavy atom. The van der Waals surface area contributed by atoms with Crippen molar-refractivity contribution < 1.29 is 24.0 Å². The molecular weight excluding hydrogens is 314 g/mol. The van der Waals surface area contributed by atoms with Crippen LogP contribution in [0.2, 0.25) is 0 Å². The highest BCUT2D eigenvalue weighted by Gasteiger charge is 2.29. The Bertz CT molecular complexity index is 113. The summed E-state index contributed by atoms with van der Waals surface area (Å²) in [6.07, 6.45) is 13.3. The van der Waals surface area contributed by atoms with Gasteiger partial charge < -0.3 is 24.0 Å². The Kier molecular flexibility index (Phi) is 14.4. The van der Waals surface area contributed by atoms with Crippen LogP contribution in [-0.2, 0) is 0 Å². The van der Waals surface area contributed by atoms with Crippen molar-refractivity contribution in [2.75, 3.05) is 24.6 Å². The predicted molar refractivity (Wildman–Crippen MR) is 72.2 cm³/mol. The van der Waals surface area contributed by atoms with Crippen LogP contribution in [0.1, 0.15) is 59.8 Å². The molecule has 0 saturated carbocycles. The van der Waals surface area contributed by atoms with Gasteiger partial charge in [-0.2, -0.15) is 0 Å². The van der Waals surface area contributed by atoms with E-state index in [9.17, 15) is 0 Å². The first-order chi connectivity index (χ1) is 6.74. The average Bonchev–Trinajstić information content (AvgIpc) is 2.24.